The van der Waals surface area contributed by atoms with Crippen LogP contribution in [0.5, 0.6) is 5.75 Å². The maximum Gasteiger partial charge on any atom is 0.175 e. The first-order chi connectivity index (χ1) is 5.83. The zero-order valence-corrected chi connectivity index (χ0v) is 6.32. The summed E-state index contributed by atoms with van der Waals surface area (Å²) >= 11 is 0. The Kier molecular flexibility index (Phi) is 1.52. The maximum atomic E-state index is 9.30. The van der Waals surface area contributed by atoms with Crippen LogP contribution in [-0.2, 0) is 6.61 Å². The molecule has 0 spiro atoms. The molecule has 0 bridgehead atoms. The minimum absolute atomic E-state index is 0.0730. The number of aliphatic hydroxyl groups is 1. The van der Waals surface area contributed by atoms with Crippen LogP contribution in [0.4, 0.5) is 0 Å². The van der Waals surface area contributed by atoms with Gasteiger partial charge in [-0.3, -0.25) is 0 Å². The van der Waals surface area contributed by atoms with E-state index in [1.807, 2.05) is 0 Å². The molecule has 62 valence electrons. The summed E-state index contributed by atoms with van der Waals surface area (Å²) in [6.07, 6.45) is 1.45. The van der Waals surface area contributed by atoms with Gasteiger partial charge in [0.1, 0.15) is 0 Å². The van der Waals surface area contributed by atoms with Gasteiger partial charge in [0.15, 0.2) is 11.3 Å². The highest BCUT2D eigenvalue weighted by Crippen LogP contribution is 2.28. The third kappa shape index (κ3) is 0.871. The van der Waals surface area contributed by atoms with Gasteiger partial charge in [-0.1, -0.05) is 12.1 Å². The molecule has 0 radical (unpaired) electrons. The predicted molar refractivity (Wildman–Crippen MR) is 43.8 cm³/mol. The normalized spacial score (nSPS) is 10.8. The van der Waals surface area contributed by atoms with Gasteiger partial charge in [0.2, 0.25) is 0 Å². The number of rotatable bonds is 1. The number of fused-ring (bicyclic) bond motifs is 1. The fourth-order valence-electron chi connectivity index (χ4n) is 1.22. The number of phenolic OH excluding ortho intramolecular Hbond substituents is 1. The van der Waals surface area contributed by atoms with Crippen LogP contribution in [0.1, 0.15) is 5.56 Å². The van der Waals surface area contributed by atoms with E-state index < -0.39 is 0 Å². The van der Waals surface area contributed by atoms with Crippen molar-refractivity contribution in [1.82, 2.24) is 0 Å². The summed E-state index contributed by atoms with van der Waals surface area (Å²) in [5.74, 6) is 0.104. The Labute approximate surface area is 68.9 Å². The lowest BCUT2D eigenvalue weighted by atomic mass is 10.2. The number of hydrogen-bond acceptors (Lipinski definition) is 3. The molecule has 2 rings (SSSR count). The molecule has 0 aliphatic heterocycles. The fourth-order valence-corrected chi connectivity index (χ4v) is 1.22. The SMILES string of the molecule is OCc1coc2c(O)cccc12. The highest BCUT2D eigenvalue weighted by Gasteiger charge is 2.06. The largest absolute Gasteiger partial charge is 0.504 e. The molecule has 0 fully saturated rings. The van der Waals surface area contributed by atoms with E-state index in [0.717, 1.165) is 5.39 Å². The third-order valence-electron chi connectivity index (χ3n) is 1.83. The second-order valence-corrected chi connectivity index (χ2v) is 2.57. The Bertz CT molecular complexity index is 403. The van der Waals surface area contributed by atoms with Crippen molar-refractivity contribution >= 4 is 11.0 Å². The van der Waals surface area contributed by atoms with Gasteiger partial charge >= 0.3 is 0 Å². The molecule has 1 aromatic heterocycles. The quantitative estimate of drug-likeness (QED) is 0.673. The van der Waals surface area contributed by atoms with Crippen molar-refractivity contribution in [3.8, 4) is 5.75 Å². The van der Waals surface area contributed by atoms with Crippen LogP contribution in [0.25, 0.3) is 11.0 Å². The van der Waals surface area contributed by atoms with Crippen molar-refractivity contribution in [1.29, 1.82) is 0 Å². The monoisotopic (exact) mass is 164 g/mol. The van der Waals surface area contributed by atoms with Crippen molar-refractivity contribution in [2.24, 2.45) is 0 Å². The molecule has 0 atom stereocenters. The van der Waals surface area contributed by atoms with Gasteiger partial charge in [0, 0.05) is 10.9 Å². The third-order valence-corrected chi connectivity index (χ3v) is 1.83. The van der Waals surface area contributed by atoms with E-state index in [2.05, 4.69) is 0 Å². The fraction of sp³-hybridized carbons (Fsp3) is 0.111. The molecule has 3 nitrogen and oxygen atoms in total. The molecule has 3 heteroatoms. The molecule has 0 saturated heterocycles. The van der Waals surface area contributed by atoms with E-state index in [4.69, 9.17) is 9.52 Å². The van der Waals surface area contributed by atoms with Crippen molar-refractivity contribution in [2.75, 3.05) is 0 Å². The minimum atomic E-state index is -0.0730. The lowest BCUT2D eigenvalue weighted by Crippen LogP contribution is -1.77. The summed E-state index contributed by atoms with van der Waals surface area (Å²) in [4.78, 5) is 0. The molecule has 0 aliphatic carbocycles. The second-order valence-electron chi connectivity index (χ2n) is 2.57. The Morgan fingerprint density at radius 2 is 2.17 bits per heavy atom. The zero-order chi connectivity index (χ0) is 8.55. The van der Waals surface area contributed by atoms with E-state index in [1.165, 1.54) is 6.26 Å². The van der Waals surface area contributed by atoms with Gasteiger partial charge in [-0.25, -0.2) is 0 Å². The summed E-state index contributed by atoms with van der Waals surface area (Å²) < 4.78 is 5.06. The Hall–Kier alpha value is -1.48. The molecule has 2 N–H and O–H groups in total. The number of furan rings is 1. The van der Waals surface area contributed by atoms with Crippen molar-refractivity contribution < 1.29 is 14.6 Å². The summed E-state index contributed by atoms with van der Waals surface area (Å²) in [6.45, 7) is -0.0730. The van der Waals surface area contributed by atoms with Crippen LogP contribution in [0.2, 0.25) is 0 Å². The zero-order valence-electron chi connectivity index (χ0n) is 6.32. The second kappa shape index (κ2) is 2.53. The molecule has 0 amide bonds. The van der Waals surface area contributed by atoms with E-state index >= 15 is 0 Å². The van der Waals surface area contributed by atoms with E-state index in [0.29, 0.717) is 11.1 Å². The van der Waals surface area contributed by atoms with Gasteiger partial charge in [-0.15, -0.1) is 0 Å². The number of aliphatic hydroxyl groups excluding tert-OH is 1. The lowest BCUT2D eigenvalue weighted by molar-refractivity contribution is 0.281. The number of hydrogen-bond donors (Lipinski definition) is 2. The number of benzene rings is 1. The van der Waals surface area contributed by atoms with E-state index in [1.54, 1.807) is 18.2 Å². The van der Waals surface area contributed by atoms with Gasteiger partial charge in [0.05, 0.1) is 12.9 Å². The van der Waals surface area contributed by atoms with Crippen LogP contribution in [0.3, 0.4) is 0 Å². The summed E-state index contributed by atoms with van der Waals surface area (Å²) in [6, 6.07) is 5.06. The summed E-state index contributed by atoms with van der Waals surface area (Å²) in [5.41, 5.74) is 1.13. The molecule has 0 saturated carbocycles. The van der Waals surface area contributed by atoms with E-state index in [9.17, 15) is 5.11 Å². The molecule has 1 heterocycles. The standard InChI is InChI=1S/C9H8O3/c10-4-6-5-12-9-7(6)2-1-3-8(9)11/h1-3,5,10-11H,4H2. The van der Waals surface area contributed by atoms with Crippen LogP contribution >= 0.6 is 0 Å². The molecule has 1 aromatic carbocycles. The Balaban J connectivity index is 2.80. The van der Waals surface area contributed by atoms with E-state index in [-0.39, 0.29) is 12.4 Å². The molecular weight excluding hydrogens is 156 g/mol. The Morgan fingerprint density at radius 3 is 2.92 bits per heavy atom. The minimum Gasteiger partial charge on any atom is -0.504 e. The number of para-hydroxylation sites is 1. The average Bonchev–Trinajstić information content (AvgIpc) is 2.49. The van der Waals surface area contributed by atoms with Crippen LogP contribution in [-0.4, -0.2) is 10.2 Å². The number of phenols is 1. The Morgan fingerprint density at radius 1 is 1.33 bits per heavy atom. The van der Waals surface area contributed by atoms with Gasteiger partial charge in [0.25, 0.3) is 0 Å². The van der Waals surface area contributed by atoms with Crippen molar-refractivity contribution in [3.63, 3.8) is 0 Å². The molecule has 0 aliphatic rings. The smallest absolute Gasteiger partial charge is 0.175 e. The first-order valence-electron chi connectivity index (χ1n) is 3.62. The first-order valence-corrected chi connectivity index (χ1v) is 3.62. The van der Waals surface area contributed by atoms with Crippen molar-refractivity contribution in [2.45, 2.75) is 6.61 Å². The summed E-state index contributed by atoms with van der Waals surface area (Å²) in [5, 5.41) is 18.9. The highest BCUT2D eigenvalue weighted by molar-refractivity contribution is 5.85. The maximum absolute atomic E-state index is 9.30. The molecule has 12 heavy (non-hydrogen) atoms. The van der Waals surface area contributed by atoms with Gasteiger partial charge < -0.3 is 14.6 Å². The van der Waals surface area contributed by atoms with Crippen LogP contribution < -0.4 is 0 Å². The lowest BCUT2D eigenvalue weighted by Gasteiger charge is -1.92. The topological polar surface area (TPSA) is 53.6 Å². The van der Waals surface area contributed by atoms with Crippen LogP contribution in [0.15, 0.2) is 28.9 Å². The highest BCUT2D eigenvalue weighted by atomic mass is 16.3. The molecule has 0 unspecified atom stereocenters. The summed E-state index contributed by atoms with van der Waals surface area (Å²) in [7, 11) is 0. The first kappa shape index (κ1) is 7.18. The van der Waals surface area contributed by atoms with Crippen molar-refractivity contribution in [3.05, 3.63) is 30.0 Å². The van der Waals surface area contributed by atoms with Gasteiger partial charge in [-0.05, 0) is 6.07 Å². The van der Waals surface area contributed by atoms with Crippen LogP contribution in [0, 0.1) is 0 Å². The predicted octanol–water partition coefficient (Wildman–Crippen LogP) is 1.63. The average molecular weight is 164 g/mol. The number of aromatic hydroxyl groups is 1. The van der Waals surface area contributed by atoms with Gasteiger partial charge in [-0.2, -0.15) is 0 Å². The molecular formula is C9H8O3. The molecule has 2 aromatic rings.